The smallest absolute Gasteiger partial charge is 0.253 e. The van der Waals surface area contributed by atoms with Crippen molar-refractivity contribution in [3.63, 3.8) is 0 Å². The van der Waals surface area contributed by atoms with Gasteiger partial charge in [0.15, 0.2) is 9.84 Å². The first-order valence-corrected chi connectivity index (χ1v) is 7.90. The van der Waals surface area contributed by atoms with Gasteiger partial charge in [-0.2, -0.15) is 0 Å². The minimum Gasteiger partial charge on any atom is -0.388 e. The van der Waals surface area contributed by atoms with Crippen molar-refractivity contribution < 1.29 is 18.3 Å². The van der Waals surface area contributed by atoms with Crippen LogP contribution in [0.4, 0.5) is 0 Å². The predicted octanol–water partition coefficient (Wildman–Crippen LogP) is 0.687. The number of β-amino-alcohol motifs (C(OH)–C–C–N with tert-alkyl or cyclic N) is 1. The molecule has 1 atom stereocenters. The molecule has 1 saturated heterocycles. The Hall–Kier alpha value is -1.40. The lowest BCUT2D eigenvalue weighted by molar-refractivity contribution is 0.0572. The molecule has 1 aliphatic heterocycles. The molecule has 0 aliphatic carbocycles. The first kappa shape index (κ1) is 14.0. The van der Waals surface area contributed by atoms with Crippen LogP contribution in [0.5, 0.6) is 0 Å². The van der Waals surface area contributed by atoms with E-state index in [1.807, 2.05) is 0 Å². The van der Waals surface area contributed by atoms with Gasteiger partial charge >= 0.3 is 0 Å². The van der Waals surface area contributed by atoms with Crippen LogP contribution in [0.25, 0.3) is 0 Å². The van der Waals surface area contributed by atoms with E-state index < -0.39 is 15.4 Å². The molecule has 1 N–H and O–H groups in total. The zero-order valence-electron chi connectivity index (χ0n) is 11.0. The number of aliphatic hydroxyl groups is 1. The number of hydrogen-bond acceptors (Lipinski definition) is 4. The Balaban J connectivity index is 2.17. The third kappa shape index (κ3) is 3.13. The second kappa shape index (κ2) is 4.61. The summed E-state index contributed by atoms with van der Waals surface area (Å²) < 4.78 is 22.7. The molecule has 1 amide bonds. The Labute approximate surface area is 112 Å². The lowest BCUT2D eigenvalue weighted by Gasteiger charge is -2.19. The Kier molecular flexibility index (Phi) is 3.40. The van der Waals surface area contributed by atoms with E-state index in [0.717, 1.165) is 6.26 Å². The van der Waals surface area contributed by atoms with Gasteiger partial charge in [0.25, 0.3) is 5.91 Å². The molecule has 0 saturated carbocycles. The third-order valence-corrected chi connectivity index (χ3v) is 4.40. The Morgan fingerprint density at radius 1 is 1.32 bits per heavy atom. The summed E-state index contributed by atoms with van der Waals surface area (Å²) in [4.78, 5) is 13.9. The highest BCUT2D eigenvalue weighted by molar-refractivity contribution is 7.90. The summed E-state index contributed by atoms with van der Waals surface area (Å²) in [6, 6.07) is 5.87. The van der Waals surface area contributed by atoms with Gasteiger partial charge in [-0.25, -0.2) is 8.42 Å². The van der Waals surface area contributed by atoms with Gasteiger partial charge in [0.2, 0.25) is 0 Å². The summed E-state index contributed by atoms with van der Waals surface area (Å²) in [5.74, 6) is -0.183. The number of likely N-dealkylation sites (tertiary alicyclic amines) is 1. The summed E-state index contributed by atoms with van der Waals surface area (Å²) in [5, 5.41) is 9.84. The average Bonchev–Trinajstić information content (AvgIpc) is 2.68. The van der Waals surface area contributed by atoms with Gasteiger partial charge in [-0.3, -0.25) is 4.79 Å². The van der Waals surface area contributed by atoms with Crippen molar-refractivity contribution in [2.75, 3.05) is 19.3 Å². The largest absolute Gasteiger partial charge is 0.388 e. The van der Waals surface area contributed by atoms with Gasteiger partial charge in [0.05, 0.1) is 10.5 Å². The molecular formula is C13H17NO4S. The average molecular weight is 283 g/mol. The molecular weight excluding hydrogens is 266 g/mol. The van der Waals surface area contributed by atoms with Gasteiger partial charge in [-0.05, 0) is 37.6 Å². The van der Waals surface area contributed by atoms with Crippen molar-refractivity contribution in [3.05, 3.63) is 29.8 Å². The van der Waals surface area contributed by atoms with E-state index in [-0.39, 0.29) is 10.8 Å². The van der Waals surface area contributed by atoms with Gasteiger partial charge < -0.3 is 10.0 Å². The molecule has 5 nitrogen and oxygen atoms in total. The number of rotatable bonds is 2. The molecule has 1 unspecified atom stereocenters. The summed E-state index contributed by atoms with van der Waals surface area (Å²) in [6.07, 6.45) is 1.68. The topological polar surface area (TPSA) is 74.7 Å². The number of amides is 1. The van der Waals surface area contributed by atoms with E-state index in [4.69, 9.17) is 0 Å². The standard InChI is InChI=1S/C13H17NO4S/c1-13(16)7-8-14(9-13)12(15)10-3-5-11(6-4-10)19(2,17)18/h3-6,16H,7-9H2,1-2H3. The lowest BCUT2D eigenvalue weighted by Crippen LogP contribution is -2.33. The minimum absolute atomic E-state index is 0.183. The molecule has 1 aromatic carbocycles. The van der Waals surface area contributed by atoms with E-state index in [0.29, 0.717) is 25.1 Å². The van der Waals surface area contributed by atoms with Crippen LogP contribution in [-0.2, 0) is 9.84 Å². The molecule has 1 heterocycles. The van der Waals surface area contributed by atoms with Gasteiger partial charge in [-0.1, -0.05) is 0 Å². The monoisotopic (exact) mass is 283 g/mol. The highest BCUT2D eigenvalue weighted by Crippen LogP contribution is 2.22. The molecule has 1 aliphatic rings. The quantitative estimate of drug-likeness (QED) is 0.866. The molecule has 0 bridgehead atoms. The summed E-state index contributed by atoms with van der Waals surface area (Å²) in [5.41, 5.74) is -0.396. The van der Waals surface area contributed by atoms with Crippen LogP contribution in [0.15, 0.2) is 29.2 Å². The molecule has 6 heteroatoms. The van der Waals surface area contributed by atoms with Crippen LogP contribution < -0.4 is 0 Å². The lowest BCUT2D eigenvalue weighted by atomic mass is 10.1. The van der Waals surface area contributed by atoms with Gasteiger partial charge in [0.1, 0.15) is 0 Å². The number of nitrogens with zero attached hydrogens (tertiary/aromatic N) is 1. The number of carbonyl (C=O) groups is 1. The maximum atomic E-state index is 12.2. The van der Waals surface area contributed by atoms with E-state index in [2.05, 4.69) is 0 Å². The number of carbonyl (C=O) groups excluding carboxylic acids is 1. The van der Waals surface area contributed by atoms with Crippen LogP contribution in [0.2, 0.25) is 0 Å². The normalized spacial score (nSPS) is 23.6. The second-order valence-electron chi connectivity index (χ2n) is 5.27. The fourth-order valence-electron chi connectivity index (χ4n) is 2.15. The SMILES string of the molecule is CC1(O)CCN(C(=O)c2ccc(S(C)(=O)=O)cc2)C1. The van der Waals surface area contributed by atoms with Crippen molar-refractivity contribution in [2.24, 2.45) is 0 Å². The summed E-state index contributed by atoms with van der Waals surface area (Å²) in [7, 11) is -3.25. The highest BCUT2D eigenvalue weighted by Gasteiger charge is 2.34. The zero-order valence-corrected chi connectivity index (χ0v) is 11.8. The molecule has 19 heavy (non-hydrogen) atoms. The number of benzene rings is 1. The summed E-state index contributed by atoms with van der Waals surface area (Å²) in [6.45, 7) is 2.52. The van der Waals surface area contributed by atoms with Crippen LogP contribution in [0, 0.1) is 0 Å². The predicted molar refractivity (Wildman–Crippen MR) is 70.7 cm³/mol. The highest BCUT2D eigenvalue weighted by atomic mass is 32.2. The second-order valence-corrected chi connectivity index (χ2v) is 7.29. The molecule has 0 spiro atoms. The molecule has 104 valence electrons. The molecule has 0 aromatic heterocycles. The van der Waals surface area contributed by atoms with E-state index in [1.165, 1.54) is 24.3 Å². The van der Waals surface area contributed by atoms with Crippen molar-refractivity contribution in [3.8, 4) is 0 Å². The number of hydrogen-bond donors (Lipinski definition) is 1. The summed E-state index contributed by atoms with van der Waals surface area (Å²) >= 11 is 0. The van der Waals surface area contributed by atoms with Crippen LogP contribution in [0.3, 0.4) is 0 Å². The van der Waals surface area contributed by atoms with Crippen molar-refractivity contribution in [1.82, 2.24) is 4.90 Å². The van der Waals surface area contributed by atoms with Crippen molar-refractivity contribution in [1.29, 1.82) is 0 Å². The van der Waals surface area contributed by atoms with Crippen LogP contribution in [0.1, 0.15) is 23.7 Å². The van der Waals surface area contributed by atoms with E-state index in [9.17, 15) is 18.3 Å². The van der Waals surface area contributed by atoms with Crippen molar-refractivity contribution in [2.45, 2.75) is 23.8 Å². The maximum Gasteiger partial charge on any atom is 0.253 e. The number of sulfone groups is 1. The first-order valence-electron chi connectivity index (χ1n) is 6.01. The van der Waals surface area contributed by atoms with Crippen LogP contribution in [-0.4, -0.2) is 49.3 Å². The fourth-order valence-corrected chi connectivity index (χ4v) is 2.78. The minimum atomic E-state index is -3.25. The Bertz CT molecular complexity index is 590. The fraction of sp³-hybridized carbons (Fsp3) is 0.462. The van der Waals surface area contributed by atoms with Gasteiger partial charge in [0, 0.05) is 24.9 Å². The molecule has 0 radical (unpaired) electrons. The first-order chi connectivity index (χ1) is 8.69. The Morgan fingerprint density at radius 3 is 2.32 bits per heavy atom. The molecule has 2 rings (SSSR count). The van der Waals surface area contributed by atoms with Gasteiger partial charge in [-0.15, -0.1) is 0 Å². The van der Waals surface area contributed by atoms with Crippen LogP contribution >= 0.6 is 0 Å². The maximum absolute atomic E-state index is 12.2. The van der Waals surface area contributed by atoms with E-state index in [1.54, 1.807) is 11.8 Å². The van der Waals surface area contributed by atoms with E-state index >= 15 is 0 Å². The Morgan fingerprint density at radius 2 is 1.89 bits per heavy atom. The third-order valence-electron chi connectivity index (χ3n) is 3.27. The van der Waals surface area contributed by atoms with Crippen molar-refractivity contribution >= 4 is 15.7 Å². The molecule has 1 fully saturated rings. The zero-order chi connectivity index (χ0) is 14.3. The molecule has 1 aromatic rings.